The molecule has 0 saturated carbocycles. The van der Waals surface area contributed by atoms with Crippen molar-refractivity contribution in [1.29, 1.82) is 0 Å². The van der Waals surface area contributed by atoms with Gasteiger partial charge in [0.1, 0.15) is 0 Å². The second kappa shape index (κ2) is 11.6. The molecule has 0 saturated heterocycles. The highest BCUT2D eigenvalue weighted by atomic mass is 127. The molecule has 126 valence electrons. The Morgan fingerprint density at radius 2 is 2.05 bits per heavy atom. The highest BCUT2D eigenvalue weighted by molar-refractivity contribution is 14.0. The number of guanidine groups is 1. The summed E-state index contributed by atoms with van der Waals surface area (Å²) in [7, 11) is -2.97. The molecule has 22 heavy (non-hydrogen) atoms. The number of hydrogen-bond donors (Lipinski definition) is 2. The van der Waals surface area contributed by atoms with Crippen molar-refractivity contribution in [1.82, 2.24) is 15.6 Å². The van der Waals surface area contributed by atoms with Crippen molar-refractivity contribution in [3.8, 4) is 0 Å². The van der Waals surface area contributed by atoms with E-state index in [0.29, 0.717) is 12.5 Å². The number of hydrogen-bond acceptors (Lipinski definition) is 4. The standard InChI is InChI=1S/C14H24N4O2S.HI/c1-3-15-14(18-11-12-21(19,20)4-2)17-10-8-13-7-5-6-9-16-13;/h5-7,9H,3-4,8,10-12H2,1-2H3,(H2,15,17,18);1H. The van der Waals surface area contributed by atoms with E-state index in [-0.39, 0.29) is 42.0 Å². The molecule has 0 aromatic carbocycles. The summed E-state index contributed by atoms with van der Waals surface area (Å²) < 4.78 is 22.8. The Morgan fingerprint density at radius 1 is 1.27 bits per heavy atom. The van der Waals surface area contributed by atoms with E-state index in [2.05, 4.69) is 20.6 Å². The Bertz CT molecular complexity index is 535. The van der Waals surface area contributed by atoms with Gasteiger partial charge >= 0.3 is 0 Å². The second-order valence-electron chi connectivity index (χ2n) is 4.49. The van der Waals surface area contributed by atoms with Crippen molar-refractivity contribution in [2.45, 2.75) is 20.3 Å². The first-order valence-electron chi connectivity index (χ1n) is 7.20. The number of aliphatic imine (C=N–C) groups is 1. The molecule has 0 unspecified atom stereocenters. The molecule has 0 spiro atoms. The van der Waals surface area contributed by atoms with Crippen LogP contribution in [-0.4, -0.2) is 50.5 Å². The number of rotatable bonds is 8. The van der Waals surface area contributed by atoms with E-state index in [1.807, 2.05) is 25.1 Å². The largest absolute Gasteiger partial charge is 0.357 e. The van der Waals surface area contributed by atoms with E-state index in [1.54, 1.807) is 13.1 Å². The normalized spacial score (nSPS) is 11.6. The van der Waals surface area contributed by atoms with E-state index >= 15 is 0 Å². The van der Waals surface area contributed by atoms with Gasteiger partial charge in [0.25, 0.3) is 0 Å². The van der Waals surface area contributed by atoms with Crippen LogP contribution in [0.25, 0.3) is 0 Å². The molecule has 0 amide bonds. The minimum atomic E-state index is -2.97. The van der Waals surface area contributed by atoms with Crippen LogP contribution in [0, 0.1) is 0 Å². The minimum Gasteiger partial charge on any atom is -0.357 e. The topological polar surface area (TPSA) is 83.5 Å². The summed E-state index contributed by atoms with van der Waals surface area (Å²) in [6, 6.07) is 5.81. The molecule has 1 rings (SSSR count). The molecular formula is C14H25IN4O2S. The van der Waals surface area contributed by atoms with Gasteiger partial charge in [-0.15, -0.1) is 24.0 Å². The first-order valence-corrected chi connectivity index (χ1v) is 9.02. The number of pyridine rings is 1. The minimum absolute atomic E-state index is 0. The summed E-state index contributed by atoms with van der Waals surface area (Å²) in [4.78, 5) is 8.52. The van der Waals surface area contributed by atoms with Gasteiger partial charge in [-0.05, 0) is 19.1 Å². The molecule has 0 aliphatic heterocycles. The van der Waals surface area contributed by atoms with Crippen LogP contribution >= 0.6 is 24.0 Å². The molecule has 0 radical (unpaired) electrons. The number of halogens is 1. The van der Waals surface area contributed by atoms with Gasteiger partial charge in [-0.25, -0.2) is 8.42 Å². The fraction of sp³-hybridized carbons (Fsp3) is 0.571. The van der Waals surface area contributed by atoms with Gasteiger partial charge in [-0.3, -0.25) is 9.98 Å². The predicted octanol–water partition coefficient (Wildman–Crippen LogP) is 1.23. The molecule has 6 nitrogen and oxygen atoms in total. The molecule has 1 aromatic rings. The van der Waals surface area contributed by atoms with Crippen LogP contribution in [0.15, 0.2) is 29.4 Å². The Hall–Kier alpha value is -0.900. The van der Waals surface area contributed by atoms with E-state index in [9.17, 15) is 8.42 Å². The molecule has 8 heteroatoms. The quantitative estimate of drug-likeness (QED) is 0.361. The van der Waals surface area contributed by atoms with Gasteiger partial charge in [0.2, 0.25) is 0 Å². The van der Waals surface area contributed by atoms with Crippen molar-refractivity contribution < 1.29 is 8.42 Å². The number of aromatic nitrogens is 1. The van der Waals surface area contributed by atoms with Crippen LogP contribution in [0.3, 0.4) is 0 Å². The third-order valence-corrected chi connectivity index (χ3v) is 4.54. The number of nitrogens with one attached hydrogen (secondary N) is 2. The summed E-state index contributed by atoms with van der Waals surface area (Å²) in [5.41, 5.74) is 1.01. The van der Waals surface area contributed by atoms with E-state index in [0.717, 1.165) is 18.7 Å². The molecule has 1 aromatic heterocycles. The van der Waals surface area contributed by atoms with Crippen LogP contribution < -0.4 is 10.6 Å². The molecule has 0 aliphatic carbocycles. The Morgan fingerprint density at radius 3 is 2.64 bits per heavy atom. The fourth-order valence-corrected chi connectivity index (χ4v) is 2.30. The molecule has 0 bridgehead atoms. The van der Waals surface area contributed by atoms with Crippen molar-refractivity contribution in [2.24, 2.45) is 4.99 Å². The SMILES string of the molecule is CCNC(=NCCS(=O)(=O)CC)NCCc1ccccn1.I. The second-order valence-corrected chi connectivity index (χ2v) is 6.97. The van der Waals surface area contributed by atoms with Crippen LogP contribution in [-0.2, 0) is 16.3 Å². The van der Waals surface area contributed by atoms with Crippen molar-refractivity contribution in [2.75, 3.05) is 31.1 Å². The summed E-state index contributed by atoms with van der Waals surface area (Å²) in [5.74, 6) is 0.881. The molecular weight excluding hydrogens is 415 g/mol. The molecule has 1 heterocycles. The van der Waals surface area contributed by atoms with E-state index in [4.69, 9.17) is 0 Å². The van der Waals surface area contributed by atoms with Crippen LogP contribution in [0.2, 0.25) is 0 Å². The lowest BCUT2D eigenvalue weighted by Gasteiger charge is -2.11. The highest BCUT2D eigenvalue weighted by Crippen LogP contribution is 1.93. The zero-order valence-corrected chi connectivity index (χ0v) is 16.2. The predicted molar refractivity (Wildman–Crippen MR) is 102 cm³/mol. The van der Waals surface area contributed by atoms with Crippen molar-refractivity contribution in [3.05, 3.63) is 30.1 Å². The maximum absolute atomic E-state index is 11.4. The third-order valence-electron chi connectivity index (χ3n) is 2.86. The highest BCUT2D eigenvalue weighted by Gasteiger charge is 2.06. The summed E-state index contributed by atoms with van der Waals surface area (Å²) in [6.45, 7) is 5.32. The van der Waals surface area contributed by atoms with Crippen LogP contribution in [0.1, 0.15) is 19.5 Å². The summed E-state index contributed by atoms with van der Waals surface area (Å²) >= 11 is 0. The third kappa shape index (κ3) is 9.19. The monoisotopic (exact) mass is 440 g/mol. The fourth-order valence-electron chi connectivity index (χ4n) is 1.64. The maximum Gasteiger partial charge on any atom is 0.191 e. The molecule has 0 aliphatic rings. The van der Waals surface area contributed by atoms with Crippen molar-refractivity contribution in [3.63, 3.8) is 0 Å². The summed E-state index contributed by atoms with van der Waals surface area (Å²) in [5, 5.41) is 6.27. The smallest absolute Gasteiger partial charge is 0.191 e. The van der Waals surface area contributed by atoms with Gasteiger partial charge in [-0.1, -0.05) is 13.0 Å². The average Bonchev–Trinajstić information content (AvgIpc) is 2.48. The van der Waals surface area contributed by atoms with Crippen molar-refractivity contribution >= 4 is 39.8 Å². The van der Waals surface area contributed by atoms with E-state index < -0.39 is 9.84 Å². The maximum atomic E-state index is 11.4. The molecule has 0 atom stereocenters. The van der Waals surface area contributed by atoms with Crippen LogP contribution in [0.4, 0.5) is 0 Å². The first kappa shape index (κ1) is 21.1. The molecule has 0 fully saturated rings. The zero-order chi connectivity index (χ0) is 15.6. The number of nitrogens with zero attached hydrogens (tertiary/aromatic N) is 2. The lowest BCUT2D eigenvalue weighted by molar-refractivity contribution is 0.597. The Kier molecular flexibility index (Phi) is 11.2. The lowest BCUT2D eigenvalue weighted by atomic mass is 10.3. The van der Waals surface area contributed by atoms with Gasteiger partial charge in [0.05, 0.1) is 12.3 Å². The average molecular weight is 440 g/mol. The Balaban J connectivity index is 0.00000441. The van der Waals surface area contributed by atoms with Crippen LogP contribution in [0.5, 0.6) is 0 Å². The number of sulfone groups is 1. The summed E-state index contributed by atoms with van der Waals surface area (Å²) in [6.07, 6.45) is 2.56. The van der Waals surface area contributed by atoms with Gasteiger partial charge in [-0.2, -0.15) is 0 Å². The van der Waals surface area contributed by atoms with E-state index in [1.165, 1.54) is 0 Å². The van der Waals surface area contributed by atoms with Gasteiger partial charge < -0.3 is 10.6 Å². The van der Waals surface area contributed by atoms with Gasteiger partial charge in [0.15, 0.2) is 15.8 Å². The van der Waals surface area contributed by atoms with Gasteiger partial charge in [0, 0.05) is 37.2 Å². The molecule has 2 N–H and O–H groups in total. The first-order chi connectivity index (χ1) is 10.1. The lowest BCUT2D eigenvalue weighted by Crippen LogP contribution is -2.38. The zero-order valence-electron chi connectivity index (χ0n) is 13.1. The Labute approximate surface area is 150 Å².